The molecule has 0 fully saturated rings. The van der Waals surface area contributed by atoms with Gasteiger partial charge in [-0.25, -0.2) is 4.79 Å². The second-order valence-corrected chi connectivity index (χ2v) is 6.98. The average molecular weight is 372 g/mol. The predicted octanol–water partition coefficient (Wildman–Crippen LogP) is 3.96. The fraction of sp³-hybridized carbons (Fsp3) is 0.250. The second kappa shape index (κ2) is 7.30. The van der Waals surface area contributed by atoms with Gasteiger partial charge in [-0.3, -0.25) is 14.5 Å². The van der Waals surface area contributed by atoms with Crippen LogP contribution in [-0.4, -0.2) is 28.7 Å². The number of ether oxygens (including phenoxy) is 1. The molecule has 2 aromatic carbocycles. The van der Waals surface area contributed by atoms with E-state index in [0.717, 1.165) is 4.90 Å². The SMILES string of the molecule is CC(C)CC(C(=O)Oc1ccc(Cl)cc1)N1C(=O)c2ccccc2C1=O. The van der Waals surface area contributed by atoms with Gasteiger partial charge in [-0.1, -0.05) is 37.6 Å². The summed E-state index contributed by atoms with van der Waals surface area (Å²) in [4.78, 5) is 39.2. The summed E-state index contributed by atoms with van der Waals surface area (Å²) in [6, 6.07) is 11.9. The molecule has 0 spiro atoms. The van der Waals surface area contributed by atoms with Crippen LogP contribution in [-0.2, 0) is 4.79 Å². The molecule has 5 nitrogen and oxygen atoms in total. The van der Waals surface area contributed by atoms with E-state index in [-0.39, 0.29) is 5.92 Å². The maximum Gasteiger partial charge on any atom is 0.334 e. The van der Waals surface area contributed by atoms with Crippen LogP contribution in [0, 0.1) is 5.92 Å². The van der Waals surface area contributed by atoms with E-state index in [1.54, 1.807) is 48.5 Å². The summed E-state index contributed by atoms with van der Waals surface area (Å²) in [5.41, 5.74) is 0.621. The van der Waals surface area contributed by atoms with Crippen LogP contribution in [0.2, 0.25) is 5.02 Å². The molecule has 0 N–H and O–H groups in total. The van der Waals surface area contributed by atoms with Crippen molar-refractivity contribution < 1.29 is 19.1 Å². The highest BCUT2D eigenvalue weighted by Crippen LogP contribution is 2.28. The minimum atomic E-state index is -0.988. The standard InChI is InChI=1S/C20H18ClNO4/c1-12(2)11-17(20(25)26-14-9-7-13(21)8-10-14)22-18(23)15-5-3-4-6-16(15)19(22)24/h3-10,12,17H,11H2,1-2H3. The van der Waals surface area contributed by atoms with Gasteiger partial charge in [0.15, 0.2) is 0 Å². The van der Waals surface area contributed by atoms with Crippen LogP contribution in [0.4, 0.5) is 0 Å². The normalized spacial score (nSPS) is 14.5. The Labute approximate surface area is 156 Å². The zero-order chi connectivity index (χ0) is 18.8. The van der Waals surface area contributed by atoms with E-state index in [4.69, 9.17) is 16.3 Å². The number of fused-ring (bicyclic) bond motifs is 1. The number of carbonyl (C=O) groups excluding carboxylic acids is 3. The van der Waals surface area contributed by atoms with Gasteiger partial charge in [-0.05, 0) is 48.7 Å². The Kier molecular flexibility index (Phi) is 5.09. The number of nitrogens with zero attached hydrogens (tertiary/aromatic N) is 1. The molecule has 0 aromatic heterocycles. The van der Waals surface area contributed by atoms with Crippen LogP contribution in [0.25, 0.3) is 0 Å². The molecule has 3 rings (SSSR count). The van der Waals surface area contributed by atoms with Gasteiger partial charge in [-0.2, -0.15) is 0 Å². The van der Waals surface area contributed by atoms with Crippen LogP contribution >= 0.6 is 11.6 Å². The van der Waals surface area contributed by atoms with Crippen molar-refractivity contribution in [1.82, 2.24) is 4.90 Å². The largest absolute Gasteiger partial charge is 0.425 e. The van der Waals surface area contributed by atoms with Crippen molar-refractivity contribution in [2.24, 2.45) is 5.92 Å². The fourth-order valence-electron chi connectivity index (χ4n) is 2.93. The third kappa shape index (κ3) is 3.48. The molecule has 26 heavy (non-hydrogen) atoms. The molecular formula is C20H18ClNO4. The second-order valence-electron chi connectivity index (χ2n) is 6.55. The summed E-state index contributed by atoms with van der Waals surface area (Å²) in [5.74, 6) is -1.18. The number of rotatable bonds is 5. The van der Waals surface area contributed by atoms with Crippen LogP contribution in [0.15, 0.2) is 48.5 Å². The molecule has 1 unspecified atom stereocenters. The molecule has 1 aliphatic rings. The molecule has 2 amide bonds. The van der Waals surface area contributed by atoms with Gasteiger partial charge in [0.25, 0.3) is 11.8 Å². The molecule has 2 aromatic rings. The Balaban J connectivity index is 1.89. The van der Waals surface area contributed by atoms with Crippen molar-refractivity contribution in [1.29, 1.82) is 0 Å². The van der Waals surface area contributed by atoms with Crippen LogP contribution in [0.1, 0.15) is 41.0 Å². The van der Waals surface area contributed by atoms with Crippen molar-refractivity contribution in [2.75, 3.05) is 0 Å². The summed E-state index contributed by atoms with van der Waals surface area (Å²) in [5, 5.41) is 0.517. The Morgan fingerprint density at radius 3 is 2.04 bits per heavy atom. The first-order valence-electron chi connectivity index (χ1n) is 8.32. The van der Waals surface area contributed by atoms with Gasteiger partial charge in [0.05, 0.1) is 11.1 Å². The number of halogens is 1. The number of hydrogen-bond donors (Lipinski definition) is 0. The van der Waals surface area contributed by atoms with Crippen LogP contribution in [0.3, 0.4) is 0 Å². The molecule has 134 valence electrons. The first-order valence-corrected chi connectivity index (χ1v) is 8.70. The van der Waals surface area contributed by atoms with E-state index >= 15 is 0 Å². The van der Waals surface area contributed by atoms with E-state index in [1.165, 1.54) is 0 Å². The highest BCUT2D eigenvalue weighted by atomic mass is 35.5. The van der Waals surface area contributed by atoms with E-state index in [9.17, 15) is 14.4 Å². The quantitative estimate of drug-likeness (QED) is 0.453. The number of esters is 1. The first kappa shape index (κ1) is 18.1. The predicted molar refractivity (Wildman–Crippen MR) is 97.3 cm³/mol. The van der Waals surface area contributed by atoms with Crippen LogP contribution < -0.4 is 4.74 Å². The van der Waals surface area contributed by atoms with Gasteiger partial charge in [0.1, 0.15) is 11.8 Å². The van der Waals surface area contributed by atoms with E-state index < -0.39 is 23.8 Å². The van der Waals surface area contributed by atoms with Gasteiger partial charge >= 0.3 is 5.97 Å². The fourth-order valence-corrected chi connectivity index (χ4v) is 3.06. The molecule has 6 heteroatoms. The van der Waals surface area contributed by atoms with Gasteiger partial charge in [0, 0.05) is 5.02 Å². The lowest BCUT2D eigenvalue weighted by atomic mass is 10.0. The number of amides is 2. The number of hydrogen-bond acceptors (Lipinski definition) is 4. The van der Waals surface area contributed by atoms with E-state index in [0.29, 0.717) is 28.3 Å². The minimum Gasteiger partial charge on any atom is -0.425 e. The summed E-state index contributed by atoms with van der Waals surface area (Å²) in [6.07, 6.45) is 0.317. The Hall–Kier alpha value is -2.66. The van der Waals surface area contributed by atoms with Crippen molar-refractivity contribution in [2.45, 2.75) is 26.3 Å². The number of imide groups is 1. The van der Waals surface area contributed by atoms with Gasteiger partial charge in [0.2, 0.25) is 0 Å². The molecule has 1 atom stereocenters. The van der Waals surface area contributed by atoms with Gasteiger partial charge in [-0.15, -0.1) is 0 Å². The molecule has 1 aliphatic heterocycles. The van der Waals surface area contributed by atoms with Crippen molar-refractivity contribution in [3.63, 3.8) is 0 Å². The highest BCUT2D eigenvalue weighted by molar-refractivity contribution is 6.30. The number of carbonyl (C=O) groups is 3. The lowest BCUT2D eigenvalue weighted by Crippen LogP contribution is -2.47. The van der Waals surface area contributed by atoms with Crippen molar-refractivity contribution in [3.05, 3.63) is 64.7 Å². The Morgan fingerprint density at radius 1 is 1.00 bits per heavy atom. The van der Waals surface area contributed by atoms with Crippen LogP contribution in [0.5, 0.6) is 5.75 Å². The molecule has 0 aliphatic carbocycles. The number of benzene rings is 2. The molecular weight excluding hydrogens is 354 g/mol. The molecule has 0 saturated carbocycles. The zero-order valence-corrected chi connectivity index (χ0v) is 15.2. The lowest BCUT2D eigenvalue weighted by Gasteiger charge is -2.25. The van der Waals surface area contributed by atoms with E-state index in [1.807, 2.05) is 13.8 Å². The third-order valence-electron chi connectivity index (χ3n) is 4.14. The summed E-state index contributed by atoms with van der Waals surface area (Å²) in [6.45, 7) is 3.83. The summed E-state index contributed by atoms with van der Waals surface area (Å²) < 4.78 is 5.40. The Morgan fingerprint density at radius 2 is 1.54 bits per heavy atom. The minimum absolute atomic E-state index is 0.0853. The van der Waals surface area contributed by atoms with Crippen molar-refractivity contribution >= 4 is 29.4 Å². The van der Waals surface area contributed by atoms with Gasteiger partial charge < -0.3 is 4.74 Å². The first-order chi connectivity index (χ1) is 12.4. The molecule has 0 saturated heterocycles. The smallest absolute Gasteiger partial charge is 0.334 e. The average Bonchev–Trinajstić information content (AvgIpc) is 2.86. The zero-order valence-electron chi connectivity index (χ0n) is 14.4. The highest BCUT2D eigenvalue weighted by Gasteiger charge is 2.43. The Bertz CT molecular complexity index is 825. The molecule has 0 bridgehead atoms. The van der Waals surface area contributed by atoms with E-state index in [2.05, 4.69) is 0 Å². The topological polar surface area (TPSA) is 63.7 Å². The maximum atomic E-state index is 12.8. The third-order valence-corrected chi connectivity index (χ3v) is 4.39. The summed E-state index contributed by atoms with van der Waals surface area (Å²) >= 11 is 5.83. The molecule has 1 heterocycles. The van der Waals surface area contributed by atoms with Crippen molar-refractivity contribution in [3.8, 4) is 5.75 Å². The summed E-state index contributed by atoms with van der Waals surface area (Å²) in [7, 11) is 0. The lowest BCUT2D eigenvalue weighted by molar-refractivity contribution is -0.139. The monoisotopic (exact) mass is 371 g/mol. The molecule has 0 radical (unpaired) electrons. The maximum absolute atomic E-state index is 12.8.